The van der Waals surface area contributed by atoms with Crippen LogP contribution in [0, 0.1) is 6.92 Å². The van der Waals surface area contributed by atoms with Gasteiger partial charge in [0.2, 0.25) is 0 Å². The summed E-state index contributed by atoms with van der Waals surface area (Å²) in [6, 6.07) is 7.53. The number of aliphatic hydroxyl groups excluding tert-OH is 1. The Kier molecular flexibility index (Phi) is 4.17. The Hall–Kier alpha value is -2.02. The highest BCUT2D eigenvalue weighted by Crippen LogP contribution is 2.10. The highest BCUT2D eigenvalue weighted by Gasteiger charge is 1.95. The number of benzene rings is 1. The van der Waals surface area contributed by atoms with Gasteiger partial charge in [-0.1, -0.05) is 17.7 Å². The standard InChI is InChI=1S/C11H12N2O2/c1-3-15-11(14)8-12-13-10-6-4-9(2)5-7-10/h4-7H,3H2,1-2H3/p+1. The molecular weight excluding hydrogens is 192 g/mol. The number of nitrogens with zero attached hydrogens (tertiary/aromatic N) is 2. The lowest BCUT2D eigenvalue weighted by Crippen LogP contribution is -1.89. The normalized spacial score (nSPS) is 8.67. The molecule has 0 aliphatic heterocycles. The van der Waals surface area contributed by atoms with E-state index in [2.05, 4.69) is 15.8 Å². The van der Waals surface area contributed by atoms with Gasteiger partial charge in [0, 0.05) is 0 Å². The first-order chi connectivity index (χ1) is 7.22. The van der Waals surface area contributed by atoms with Crippen LogP contribution in [0.25, 0.3) is 0 Å². The molecule has 1 rings (SSSR count). The maximum Gasteiger partial charge on any atom is 0.441 e. The summed E-state index contributed by atoms with van der Waals surface area (Å²) < 4.78 is 4.71. The number of aliphatic hydroxyl groups is 1. The molecule has 0 heterocycles. The van der Waals surface area contributed by atoms with Crippen LogP contribution < -0.4 is 0 Å². The van der Waals surface area contributed by atoms with Crippen LogP contribution >= 0.6 is 0 Å². The first-order valence-electron chi connectivity index (χ1n) is 4.64. The predicted molar refractivity (Wildman–Crippen MR) is 56.3 cm³/mol. The van der Waals surface area contributed by atoms with Crippen LogP contribution in [0.5, 0.6) is 0 Å². The molecule has 15 heavy (non-hydrogen) atoms. The van der Waals surface area contributed by atoms with Crippen molar-refractivity contribution in [2.24, 2.45) is 5.11 Å². The summed E-state index contributed by atoms with van der Waals surface area (Å²) in [5.74, 6) is 1.90. The summed E-state index contributed by atoms with van der Waals surface area (Å²) in [5.41, 5.74) is 1.86. The molecule has 0 amide bonds. The molecule has 0 spiro atoms. The molecule has 0 saturated carbocycles. The first-order valence-corrected chi connectivity index (χ1v) is 4.64. The molecule has 0 saturated heterocycles. The molecule has 0 aliphatic carbocycles. The lowest BCUT2D eigenvalue weighted by molar-refractivity contribution is -0.0715. The molecule has 1 aromatic rings. The molecule has 0 fully saturated rings. The molecule has 0 aliphatic rings. The molecule has 0 radical (unpaired) electrons. The van der Waals surface area contributed by atoms with Crippen molar-refractivity contribution in [3.63, 3.8) is 0 Å². The summed E-state index contributed by atoms with van der Waals surface area (Å²) in [6.45, 7) is 4.13. The van der Waals surface area contributed by atoms with Crippen molar-refractivity contribution in [3.8, 4) is 0 Å². The van der Waals surface area contributed by atoms with Gasteiger partial charge < -0.3 is 9.84 Å². The van der Waals surface area contributed by atoms with Crippen molar-refractivity contribution >= 4 is 11.6 Å². The third-order valence-electron chi connectivity index (χ3n) is 1.63. The average Bonchev–Trinajstić information content (AvgIpc) is 2.21. The third-order valence-corrected chi connectivity index (χ3v) is 1.63. The topological polar surface area (TPSA) is 55.9 Å². The quantitative estimate of drug-likeness (QED) is 0.356. The second kappa shape index (κ2) is 5.66. The summed E-state index contributed by atoms with van der Waals surface area (Å²) in [4.78, 5) is 3.55. The summed E-state index contributed by atoms with van der Waals surface area (Å²) in [5, 5.41) is 12.8. The van der Waals surface area contributed by atoms with Crippen molar-refractivity contribution in [3.05, 3.63) is 35.8 Å². The smallest absolute Gasteiger partial charge is 0.441 e. The van der Waals surface area contributed by atoms with Gasteiger partial charge in [-0.15, -0.1) is 0 Å². The number of hydrogen-bond acceptors (Lipinski definition) is 3. The van der Waals surface area contributed by atoms with E-state index >= 15 is 0 Å². The van der Waals surface area contributed by atoms with E-state index in [1.54, 1.807) is 6.92 Å². The van der Waals surface area contributed by atoms with Crippen molar-refractivity contribution in [1.82, 2.24) is 0 Å². The number of aryl methyl sites for hydroxylation is 1. The largest absolute Gasteiger partial charge is 0.470 e. The Morgan fingerprint density at radius 3 is 2.73 bits per heavy atom. The van der Waals surface area contributed by atoms with E-state index in [1.165, 1.54) is 0 Å². The third kappa shape index (κ3) is 4.14. The van der Waals surface area contributed by atoms with Gasteiger partial charge in [0.25, 0.3) is 0 Å². The number of ether oxygens (including phenoxy) is 1. The highest BCUT2D eigenvalue weighted by atomic mass is 16.6. The van der Waals surface area contributed by atoms with E-state index in [9.17, 15) is 0 Å². The Morgan fingerprint density at radius 1 is 1.47 bits per heavy atom. The Morgan fingerprint density at radius 2 is 2.13 bits per heavy atom. The van der Waals surface area contributed by atoms with Gasteiger partial charge in [-0.05, 0) is 26.0 Å². The van der Waals surface area contributed by atoms with E-state index < -0.39 is 0 Å². The van der Waals surface area contributed by atoms with Gasteiger partial charge in [0.1, 0.15) is 15.6 Å². The van der Waals surface area contributed by atoms with Crippen LogP contribution in [0.15, 0.2) is 35.3 Å². The van der Waals surface area contributed by atoms with Gasteiger partial charge in [-0.3, -0.25) is 0 Å². The predicted octanol–water partition coefficient (Wildman–Crippen LogP) is 2.39. The number of rotatable bonds is 3. The van der Waals surface area contributed by atoms with Crippen molar-refractivity contribution < 1.29 is 14.6 Å². The molecule has 4 heteroatoms. The molecule has 0 aromatic heterocycles. The summed E-state index contributed by atoms with van der Waals surface area (Å²) in [7, 11) is 0. The molecule has 78 valence electrons. The molecule has 0 atom stereocenters. The van der Waals surface area contributed by atoms with Crippen molar-refractivity contribution in [1.29, 1.82) is 0 Å². The molecule has 1 aromatic carbocycles. The van der Waals surface area contributed by atoms with Crippen LogP contribution in [0.2, 0.25) is 0 Å². The summed E-state index contributed by atoms with van der Waals surface area (Å²) >= 11 is 0. The van der Waals surface area contributed by atoms with Gasteiger partial charge in [-0.25, -0.2) is 0 Å². The molecule has 0 bridgehead atoms. The van der Waals surface area contributed by atoms with E-state index in [0.29, 0.717) is 12.3 Å². The zero-order valence-electron chi connectivity index (χ0n) is 8.77. The second-order valence-corrected chi connectivity index (χ2v) is 2.89. The van der Waals surface area contributed by atoms with E-state index in [-0.39, 0.29) is 5.95 Å². The lowest BCUT2D eigenvalue weighted by atomic mass is 10.2. The van der Waals surface area contributed by atoms with Gasteiger partial charge >= 0.3 is 11.8 Å². The average molecular weight is 205 g/mol. The highest BCUT2D eigenvalue weighted by molar-refractivity contribution is 5.45. The fraction of sp³-hybridized carbons (Fsp3) is 0.273. The maximum atomic E-state index is 9.00. The monoisotopic (exact) mass is 205 g/mol. The van der Waals surface area contributed by atoms with Crippen LogP contribution in [-0.4, -0.2) is 22.4 Å². The Balaban J connectivity index is 2.81. The van der Waals surface area contributed by atoms with E-state index in [0.717, 1.165) is 5.56 Å². The first kappa shape index (κ1) is 11.1. The maximum absolute atomic E-state index is 9.00. The second-order valence-electron chi connectivity index (χ2n) is 2.89. The van der Waals surface area contributed by atoms with Crippen LogP contribution in [0.1, 0.15) is 12.5 Å². The Labute approximate surface area is 88.3 Å². The molecule has 4 nitrogen and oxygen atoms in total. The lowest BCUT2D eigenvalue weighted by Gasteiger charge is -1.89. The molecular formula is C11H13N2O2+. The molecule has 1 N–H and O–H groups in total. The molecule has 0 unspecified atom stereocenters. The number of hydrogen-bond donors (Lipinski definition) is 1. The van der Waals surface area contributed by atoms with E-state index in [4.69, 9.17) is 9.84 Å². The van der Waals surface area contributed by atoms with E-state index in [1.807, 2.05) is 31.2 Å². The van der Waals surface area contributed by atoms with Gasteiger partial charge in [0.15, 0.2) is 0 Å². The van der Waals surface area contributed by atoms with Gasteiger partial charge in [-0.2, -0.15) is 0 Å². The minimum Gasteiger partial charge on any atom is -0.470 e. The SMILES string of the molecule is CCOC(O)=C=[N+]=Nc1ccc(C)cc1. The fourth-order valence-electron chi connectivity index (χ4n) is 0.906. The van der Waals surface area contributed by atoms with Crippen LogP contribution in [0.3, 0.4) is 0 Å². The van der Waals surface area contributed by atoms with Crippen LogP contribution in [0.4, 0.5) is 5.69 Å². The minimum absolute atomic E-state index is 0.353. The zero-order chi connectivity index (χ0) is 11.1. The van der Waals surface area contributed by atoms with Crippen LogP contribution in [-0.2, 0) is 4.74 Å². The van der Waals surface area contributed by atoms with Gasteiger partial charge in [0.05, 0.1) is 6.61 Å². The zero-order valence-corrected chi connectivity index (χ0v) is 8.77. The van der Waals surface area contributed by atoms with Crippen molar-refractivity contribution in [2.45, 2.75) is 13.8 Å². The minimum atomic E-state index is -0.353. The fourth-order valence-corrected chi connectivity index (χ4v) is 0.906. The Bertz CT molecular complexity index is 411. The van der Waals surface area contributed by atoms with Crippen molar-refractivity contribution in [2.75, 3.05) is 6.61 Å². The summed E-state index contributed by atoms with van der Waals surface area (Å²) in [6.07, 6.45) is 0.